The van der Waals surface area contributed by atoms with Gasteiger partial charge in [-0.05, 0) is 64.7 Å². The second-order valence-corrected chi connectivity index (χ2v) is 6.67. The molecule has 0 saturated carbocycles. The molecular weight excluding hydrogens is 263 g/mol. The quantitative estimate of drug-likeness (QED) is 0.629. The van der Waals surface area contributed by atoms with Gasteiger partial charge in [0.15, 0.2) is 0 Å². The molecule has 2 rings (SSSR count). The van der Waals surface area contributed by atoms with Crippen LogP contribution in [0.4, 0.5) is 0 Å². The highest BCUT2D eigenvalue weighted by molar-refractivity contribution is 6.62. The maximum atomic E-state index is 6.09. The summed E-state index contributed by atoms with van der Waals surface area (Å²) < 4.78 is 17.9. The van der Waals surface area contributed by atoms with E-state index >= 15 is 0 Å². The molecule has 1 aliphatic rings. The molecule has 0 radical (unpaired) electrons. The fourth-order valence-corrected chi connectivity index (χ4v) is 2.22. The molecule has 0 aliphatic carbocycles. The highest BCUT2D eigenvalue weighted by Gasteiger charge is 2.52. The lowest BCUT2D eigenvalue weighted by atomic mass is 9.76. The molecule has 0 spiro atoms. The average molecular weight is 288 g/mol. The van der Waals surface area contributed by atoms with E-state index < -0.39 is 0 Å². The van der Waals surface area contributed by atoms with Crippen LogP contribution in [0.15, 0.2) is 30.9 Å². The van der Waals surface area contributed by atoms with Crippen LogP contribution in [0, 0.1) is 6.92 Å². The van der Waals surface area contributed by atoms with Crippen molar-refractivity contribution < 1.29 is 14.0 Å². The van der Waals surface area contributed by atoms with Crippen molar-refractivity contribution >= 4 is 12.6 Å². The van der Waals surface area contributed by atoms with Gasteiger partial charge in [0.1, 0.15) is 11.9 Å². The summed E-state index contributed by atoms with van der Waals surface area (Å²) in [4.78, 5) is 0. The van der Waals surface area contributed by atoms with Crippen LogP contribution >= 0.6 is 0 Å². The second-order valence-electron chi connectivity index (χ2n) is 6.67. The molecule has 21 heavy (non-hydrogen) atoms. The maximum Gasteiger partial charge on any atom is 0.495 e. The summed E-state index contributed by atoms with van der Waals surface area (Å²) in [6.45, 7) is 16.0. The van der Waals surface area contributed by atoms with E-state index in [0.717, 1.165) is 16.8 Å². The Hall–Kier alpha value is -1.26. The smallest absolute Gasteiger partial charge is 0.487 e. The molecule has 0 N–H and O–H groups in total. The predicted octanol–water partition coefficient (Wildman–Crippen LogP) is 3.25. The number of ether oxygens (including phenoxy) is 1. The van der Waals surface area contributed by atoms with Gasteiger partial charge < -0.3 is 14.0 Å². The topological polar surface area (TPSA) is 27.7 Å². The van der Waals surface area contributed by atoms with E-state index in [-0.39, 0.29) is 24.4 Å². The van der Waals surface area contributed by atoms with E-state index in [0.29, 0.717) is 0 Å². The van der Waals surface area contributed by atoms with Crippen LogP contribution in [0.5, 0.6) is 5.75 Å². The van der Waals surface area contributed by atoms with Gasteiger partial charge in [-0.15, -0.1) is 0 Å². The Kier molecular flexibility index (Phi) is 4.23. The van der Waals surface area contributed by atoms with Crippen molar-refractivity contribution in [1.29, 1.82) is 0 Å². The van der Waals surface area contributed by atoms with Crippen LogP contribution in [0.25, 0.3) is 0 Å². The SMILES string of the molecule is C=CC(C)Oc1ccc(B2OC(C)(C)C(C)(C)O2)c(C)c1. The standard InChI is InChI=1S/C17H25BO3/c1-8-13(3)19-14-9-10-15(12(2)11-14)18-20-16(4,5)17(6,7)21-18/h8-11,13H,1H2,2-7H3. The molecule has 114 valence electrons. The molecule has 0 aromatic heterocycles. The Balaban J connectivity index is 2.21. The summed E-state index contributed by atoms with van der Waals surface area (Å²) in [6.07, 6.45) is 1.77. The van der Waals surface area contributed by atoms with E-state index in [1.54, 1.807) is 6.08 Å². The minimum Gasteiger partial charge on any atom is -0.487 e. The lowest BCUT2D eigenvalue weighted by molar-refractivity contribution is 0.00578. The molecule has 0 bridgehead atoms. The molecule has 1 saturated heterocycles. The van der Waals surface area contributed by atoms with Gasteiger partial charge in [-0.25, -0.2) is 0 Å². The molecule has 1 aromatic rings. The van der Waals surface area contributed by atoms with E-state index in [2.05, 4.69) is 34.3 Å². The summed E-state index contributed by atoms with van der Waals surface area (Å²) in [5, 5.41) is 0. The molecule has 1 heterocycles. The maximum absolute atomic E-state index is 6.09. The zero-order valence-electron chi connectivity index (χ0n) is 13.9. The summed E-state index contributed by atoms with van der Waals surface area (Å²) in [7, 11) is -0.333. The fourth-order valence-electron chi connectivity index (χ4n) is 2.22. The van der Waals surface area contributed by atoms with Gasteiger partial charge in [0.25, 0.3) is 0 Å². The van der Waals surface area contributed by atoms with Gasteiger partial charge in [0.05, 0.1) is 11.2 Å². The average Bonchev–Trinajstić information content (AvgIpc) is 2.58. The summed E-state index contributed by atoms with van der Waals surface area (Å²) in [5.41, 5.74) is 1.50. The number of hydrogen-bond donors (Lipinski definition) is 0. The first kappa shape index (κ1) is 16.1. The first-order valence-electron chi connectivity index (χ1n) is 7.42. The summed E-state index contributed by atoms with van der Waals surface area (Å²) in [6, 6.07) is 5.98. The lowest BCUT2D eigenvalue weighted by Gasteiger charge is -2.32. The van der Waals surface area contributed by atoms with Crippen LogP contribution in [0.3, 0.4) is 0 Å². The largest absolute Gasteiger partial charge is 0.495 e. The molecule has 0 amide bonds. The van der Waals surface area contributed by atoms with Gasteiger partial charge >= 0.3 is 7.12 Å². The minimum absolute atomic E-state index is 0.00732. The predicted molar refractivity (Wildman–Crippen MR) is 87.2 cm³/mol. The van der Waals surface area contributed by atoms with Crippen LogP contribution in [-0.2, 0) is 9.31 Å². The van der Waals surface area contributed by atoms with Crippen molar-refractivity contribution in [2.45, 2.75) is 58.8 Å². The van der Waals surface area contributed by atoms with Crippen LogP contribution in [0.2, 0.25) is 0 Å². The van der Waals surface area contributed by atoms with E-state index in [9.17, 15) is 0 Å². The molecule has 3 nitrogen and oxygen atoms in total. The number of rotatable bonds is 4. The first-order valence-corrected chi connectivity index (χ1v) is 7.42. The summed E-state index contributed by atoms with van der Waals surface area (Å²) in [5.74, 6) is 0.833. The molecule has 1 atom stereocenters. The van der Waals surface area contributed by atoms with Crippen molar-refractivity contribution in [1.82, 2.24) is 0 Å². The molecule has 1 fully saturated rings. The molecule has 4 heteroatoms. The second kappa shape index (κ2) is 5.50. The van der Waals surface area contributed by atoms with Gasteiger partial charge in [-0.1, -0.05) is 18.7 Å². The fraction of sp³-hybridized carbons (Fsp3) is 0.529. The molecule has 1 unspecified atom stereocenters. The normalized spacial score (nSPS) is 21.1. The highest BCUT2D eigenvalue weighted by atomic mass is 16.7. The van der Waals surface area contributed by atoms with Crippen molar-refractivity contribution in [3.8, 4) is 5.75 Å². The third-order valence-corrected chi connectivity index (χ3v) is 4.40. The Morgan fingerprint density at radius 3 is 2.24 bits per heavy atom. The zero-order chi connectivity index (χ0) is 15.8. The van der Waals surface area contributed by atoms with Crippen molar-refractivity contribution in [3.63, 3.8) is 0 Å². The molecule has 1 aliphatic heterocycles. The Labute approximate surface area is 128 Å². The number of benzene rings is 1. The van der Waals surface area contributed by atoms with Crippen molar-refractivity contribution in [2.24, 2.45) is 0 Å². The van der Waals surface area contributed by atoms with E-state index in [1.807, 2.05) is 32.0 Å². The number of aryl methyl sites for hydroxylation is 1. The molecular formula is C17H25BO3. The van der Waals surface area contributed by atoms with Gasteiger partial charge in [0.2, 0.25) is 0 Å². The van der Waals surface area contributed by atoms with Gasteiger partial charge in [-0.2, -0.15) is 0 Å². The zero-order valence-corrected chi connectivity index (χ0v) is 13.9. The third-order valence-electron chi connectivity index (χ3n) is 4.40. The third kappa shape index (κ3) is 3.17. The number of hydrogen-bond acceptors (Lipinski definition) is 3. The Morgan fingerprint density at radius 1 is 1.19 bits per heavy atom. The minimum atomic E-state index is -0.333. The van der Waals surface area contributed by atoms with Gasteiger partial charge in [-0.3, -0.25) is 0 Å². The van der Waals surface area contributed by atoms with Crippen molar-refractivity contribution in [2.75, 3.05) is 0 Å². The van der Waals surface area contributed by atoms with Crippen LogP contribution < -0.4 is 10.2 Å². The Morgan fingerprint density at radius 2 is 1.76 bits per heavy atom. The molecule has 1 aromatic carbocycles. The van der Waals surface area contributed by atoms with Gasteiger partial charge in [0, 0.05) is 0 Å². The summed E-state index contributed by atoms with van der Waals surface area (Å²) >= 11 is 0. The first-order chi connectivity index (χ1) is 9.66. The highest BCUT2D eigenvalue weighted by Crippen LogP contribution is 2.36. The van der Waals surface area contributed by atoms with Crippen molar-refractivity contribution in [3.05, 3.63) is 36.4 Å². The lowest BCUT2D eigenvalue weighted by Crippen LogP contribution is -2.41. The Bertz CT molecular complexity index is 521. The van der Waals surface area contributed by atoms with Crippen LogP contribution in [0.1, 0.15) is 40.2 Å². The van der Waals surface area contributed by atoms with E-state index in [4.69, 9.17) is 14.0 Å². The van der Waals surface area contributed by atoms with E-state index in [1.165, 1.54) is 0 Å². The van der Waals surface area contributed by atoms with Crippen LogP contribution in [-0.4, -0.2) is 24.4 Å². The monoisotopic (exact) mass is 288 g/mol.